The van der Waals surface area contributed by atoms with E-state index in [0.29, 0.717) is 23.8 Å². The van der Waals surface area contributed by atoms with Crippen LogP contribution >= 0.6 is 0 Å². The first-order valence-corrected chi connectivity index (χ1v) is 8.77. The standard InChI is InChI=1S/C22H25N/c1-14(2)17-6-4-9-20-18-7-5-8-19(18)21(23-22(17)20)16-12-10-15(3)11-13-16/h4-7,9-14,18-19,21,23H,8H2,1-3H3. The van der Waals surface area contributed by atoms with Gasteiger partial charge in [-0.25, -0.2) is 0 Å². The number of aryl methyl sites for hydroxylation is 1. The quantitative estimate of drug-likeness (QED) is 0.676. The Hall–Kier alpha value is -2.02. The fourth-order valence-electron chi connectivity index (χ4n) is 4.23. The van der Waals surface area contributed by atoms with Gasteiger partial charge in [0.1, 0.15) is 0 Å². The molecule has 4 rings (SSSR count). The molecule has 0 amide bonds. The Morgan fingerprint density at radius 3 is 2.57 bits per heavy atom. The first-order chi connectivity index (χ1) is 11.1. The van der Waals surface area contributed by atoms with Gasteiger partial charge in [0.2, 0.25) is 0 Å². The fraction of sp³-hybridized carbons (Fsp3) is 0.364. The smallest absolute Gasteiger partial charge is 0.0554 e. The van der Waals surface area contributed by atoms with Gasteiger partial charge in [-0.15, -0.1) is 0 Å². The van der Waals surface area contributed by atoms with Gasteiger partial charge in [-0.3, -0.25) is 0 Å². The molecule has 1 N–H and O–H groups in total. The van der Waals surface area contributed by atoms with E-state index >= 15 is 0 Å². The van der Waals surface area contributed by atoms with Crippen LogP contribution in [0.25, 0.3) is 0 Å². The predicted molar refractivity (Wildman–Crippen MR) is 98.1 cm³/mol. The van der Waals surface area contributed by atoms with Crippen molar-refractivity contribution in [1.82, 2.24) is 0 Å². The second kappa shape index (κ2) is 5.56. The van der Waals surface area contributed by atoms with Crippen molar-refractivity contribution in [2.75, 3.05) is 5.32 Å². The number of fused-ring (bicyclic) bond motifs is 3. The number of nitrogens with one attached hydrogen (secondary N) is 1. The minimum atomic E-state index is 0.406. The van der Waals surface area contributed by atoms with E-state index in [4.69, 9.17) is 0 Å². The van der Waals surface area contributed by atoms with E-state index in [1.165, 1.54) is 34.4 Å². The maximum absolute atomic E-state index is 3.91. The summed E-state index contributed by atoms with van der Waals surface area (Å²) in [6, 6.07) is 16.3. The Morgan fingerprint density at radius 2 is 1.83 bits per heavy atom. The van der Waals surface area contributed by atoms with Crippen LogP contribution in [0.4, 0.5) is 5.69 Å². The van der Waals surface area contributed by atoms with Gasteiger partial charge in [0.05, 0.1) is 6.04 Å². The molecule has 3 atom stereocenters. The molecule has 1 aliphatic carbocycles. The number of hydrogen-bond donors (Lipinski definition) is 1. The number of anilines is 1. The third-order valence-electron chi connectivity index (χ3n) is 5.49. The van der Waals surface area contributed by atoms with Crippen molar-refractivity contribution in [3.05, 3.63) is 76.9 Å². The summed E-state index contributed by atoms with van der Waals surface area (Å²) in [5.74, 6) is 1.72. The Balaban J connectivity index is 1.82. The van der Waals surface area contributed by atoms with Crippen molar-refractivity contribution in [1.29, 1.82) is 0 Å². The van der Waals surface area contributed by atoms with Crippen LogP contribution in [-0.2, 0) is 0 Å². The van der Waals surface area contributed by atoms with Crippen LogP contribution in [0.5, 0.6) is 0 Å². The van der Waals surface area contributed by atoms with Gasteiger partial charge in [-0.1, -0.05) is 74.0 Å². The van der Waals surface area contributed by atoms with Crippen LogP contribution in [-0.4, -0.2) is 0 Å². The zero-order chi connectivity index (χ0) is 16.0. The lowest BCUT2D eigenvalue weighted by molar-refractivity contribution is 0.424. The molecule has 2 aliphatic rings. The van der Waals surface area contributed by atoms with Crippen molar-refractivity contribution in [2.45, 2.75) is 45.1 Å². The van der Waals surface area contributed by atoms with Gasteiger partial charge in [0, 0.05) is 11.6 Å². The van der Waals surface area contributed by atoms with E-state index in [1.54, 1.807) is 0 Å². The molecular weight excluding hydrogens is 278 g/mol. The molecule has 118 valence electrons. The molecule has 2 aromatic carbocycles. The van der Waals surface area contributed by atoms with Gasteiger partial charge in [0.15, 0.2) is 0 Å². The lowest BCUT2D eigenvalue weighted by Gasteiger charge is -2.39. The highest BCUT2D eigenvalue weighted by molar-refractivity contribution is 5.65. The SMILES string of the molecule is Cc1ccc(C2Nc3c(C(C)C)cccc3C3C=CCC32)cc1. The van der Waals surface area contributed by atoms with E-state index < -0.39 is 0 Å². The average Bonchev–Trinajstić information content (AvgIpc) is 3.04. The zero-order valence-electron chi connectivity index (χ0n) is 14.2. The van der Waals surface area contributed by atoms with Crippen LogP contribution in [0.15, 0.2) is 54.6 Å². The summed E-state index contributed by atoms with van der Waals surface area (Å²) in [6.07, 6.45) is 5.96. The Kier molecular flexibility index (Phi) is 3.52. The van der Waals surface area contributed by atoms with E-state index in [9.17, 15) is 0 Å². The third kappa shape index (κ3) is 2.39. The van der Waals surface area contributed by atoms with Crippen LogP contribution in [0.2, 0.25) is 0 Å². The lowest BCUT2D eigenvalue weighted by atomic mass is 9.75. The summed E-state index contributed by atoms with van der Waals surface area (Å²) >= 11 is 0. The fourth-order valence-corrected chi connectivity index (χ4v) is 4.23. The molecule has 0 saturated carbocycles. The average molecular weight is 303 g/mol. The van der Waals surface area contributed by atoms with E-state index in [2.05, 4.69) is 80.7 Å². The molecule has 1 aliphatic heterocycles. The van der Waals surface area contributed by atoms with E-state index in [0.717, 1.165) is 0 Å². The summed E-state index contributed by atoms with van der Waals surface area (Å²) in [5, 5.41) is 3.91. The molecule has 0 spiro atoms. The zero-order valence-corrected chi connectivity index (χ0v) is 14.2. The highest BCUT2D eigenvalue weighted by Gasteiger charge is 2.38. The van der Waals surface area contributed by atoms with Crippen LogP contribution < -0.4 is 5.32 Å². The highest BCUT2D eigenvalue weighted by Crippen LogP contribution is 2.51. The third-order valence-corrected chi connectivity index (χ3v) is 5.49. The topological polar surface area (TPSA) is 12.0 Å². The van der Waals surface area contributed by atoms with Crippen LogP contribution in [0, 0.1) is 12.8 Å². The van der Waals surface area contributed by atoms with Gasteiger partial charge in [0.25, 0.3) is 0 Å². The Labute approximate surface area is 139 Å². The predicted octanol–water partition coefficient (Wildman–Crippen LogP) is 5.94. The molecule has 0 fully saturated rings. The summed E-state index contributed by atoms with van der Waals surface area (Å²) in [4.78, 5) is 0. The minimum absolute atomic E-state index is 0.406. The minimum Gasteiger partial charge on any atom is -0.377 e. The largest absolute Gasteiger partial charge is 0.377 e. The molecule has 0 bridgehead atoms. The van der Waals surface area contributed by atoms with Crippen molar-refractivity contribution >= 4 is 5.69 Å². The number of benzene rings is 2. The van der Waals surface area contributed by atoms with Crippen molar-refractivity contribution < 1.29 is 0 Å². The molecule has 0 saturated heterocycles. The van der Waals surface area contributed by atoms with E-state index in [1.807, 2.05) is 0 Å². The summed E-state index contributed by atoms with van der Waals surface area (Å²) in [5.41, 5.74) is 7.05. The molecule has 2 aromatic rings. The Morgan fingerprint density at radius 1 is 1.04 bits per heavy atom. The van der Waals surface area contributed by atoms with Crippen molar-refractivity contribution in [3.63, 3.8) is 0 Å². The maximum Gasteiger partial charge on any atom is 0.0554 e. The van der Waals surface area contributed by atoms with Gasteiger partial charge < -0.3 is 5.32 Å². The van der Waals surface area contributed by atoms with Crippen molar-refractivity contribution in [2.24, 2.45) is 5.92 Å². The summed E-state index contributed by atoms with van der Waals surface area (Å²) in [7, 11) is 0. The number of allylic oxidation sites excluding steroid dienone is 2. The molecule has 1 heterocycles. The normalized spacial score (nSPS) is 25.1. The van der Waals surface area contributed by atoms with Crippen LogP contribution in [0.1, 0.15) is 60.4 Å². The number of rotatable bonds is 2. The molecule has 23 heavy (non-hydrogen) atoms. The highest BCUT2D eigenvalue weighted by atomic mass is 15.0. The monoisotopic (exact) mass is 303 g/mol. The lowest BCUT2D eigenvalue weighted by Crippen LogP contribution is -2.29. The summed E-state index contributed by atoms with van der Waals surface area (Å²) < 4.78 is 0. The first-order valence-electron chi connectivity index (χ1n) is 8.77. The van der Waals surface area contributed by atoms with Gasteiger partial charge in [-0.2, -0.15) is 0 Å². The second-order valence-electron chi connectivity index (χ2n) is 7.35. The maximum atomic E-state index is 3.91. The van der Waals surface area contributed by atoms with Crippen molar-refractivity contribution in [3.8, 4) is 0 Å². The number of hydrogen-bond acceptors (Lipinski definition) is 1. The second-order valence-corrected chi connectivity index (χ2v) is 7.35. The molecule has 1 heteroatoms. The summed E-state index contributed by atoms with van der Waals surface area (Å²) in [6.45, 7) is 6.73. The first kappa shape index (κ1) is 14.6. The molecular formula is C22H25N. The molecule has 0 aromatic heterocycles. The molecule has 0 radical (unpaired) electrons. The Bertz CT molecular complexity index is 739. The molecule has 3 unspecified atom stereocenters. The molecule has 1 nitrogen and oxygen atoms in total. The van der Waals surface area contributed by atoms with Gasteiger partial charge >= 0.3 is 0 Å². The van der Waals surface area contributed by atoms with Gasteiger partial charge in [-0.05, 0) is 41.9 Å². The van der Waals surface area contributed by atoms with E-state index in [-0.39, 0.29) is 0 Å². The number of para-hydroxylation sites is 1. The van der Waals surface area contributed by atoms with Crippen LogP contribution in [0.3, 0.4) is 0 Å².